The van der Waals surface area contributed by atoms with Gasteiger partial charge >= 0.3 is 6.09 Å². The molecular weight excluding hydrogens is 253 g/mol. The topological polar surface area (TPSA) is 64.6 Å². The van der Waals surface area contributed by atoms with Gasteiger partial charge in [0.1, 0.15) is 17.2 Å². The van der Waals surface area contributed by atoms with Gasteiger partial charge in [0.15, 0.2) is 6.29 Å². The van der Waals surface area contributed by atoms with Gasteiger partial charge in [0.05, 0.1) is 18.4 Å². The van der Waals surface area contributed by atoms with Crippen molar-refractivity contribution in [1.29, 1.82) is 0 Å². The zero-order chi connectivity index (χ0) is 14.6. The van der Waals surface area contributed by atoms with Crippen LogP contribution in [-0.4, -0.2) is 25.1 Å². The van der Waals surface area contributed by atoms with Crippen molar-refractivity contribution in [2.45, 2.75) is 26.4 Å². The fraction of sp³-hybridized carbons (Fsp3) is 0.385. The van der Waals surface area contributed by atoms with E-state index in [1.54, 1.807) is 20.8 Å². The molecule has 6 heteroatoms. The molecule has 0 atom stereocenters. The molecule has 5 nitrogen and oxygen atoms in total. The van der Waals surface area contributed by atoms with Crippen LogP contribution in [0, 0.1) is 5.82 Å². The predicted molar refractivity (Wildman–Crippen MR) is 68.2 cm³/mol. The summed E-state index contributed by atoms with van der Waals surface area (Å²) in [5, 5.41) is 2.26. The van der Waals surface area contributed by atoms with Crippen LogP contribution in [0.1, 0.15) is 31.1 Å². The lowest BCUT2D eigenvalue weighted by molar-refractivity contribution is 0.0635. The highest BCUT2D eigenvalue weighted by atomic mass is 19.1. The third kappa shape index (κ3) is 4.24. The zero-order valence-electron chi connectivity index (χ0n) is 11.2. The van der Waals surface area contributed by atoms with Crippen LogP contribution in [0.25, 0.3) is 0 Å². The first kappa shape index (κ1) is 14.9. The summed E-state index contributed by atoms with van der Waals surface area (Å²) >= 11 is 0. The Labute approximate surface area is 110 Å². The van der Waals surface area contributed by atoms with Crippen molar-refractivity contribution in [3.8, 4) is 5.75 Å². The fourth-order valence-electron chi connectivity index (χ4n) is 1.35. The molecule has 0 unspecified atom stereocenters. The fourth-order valence-corrected chi connectivity index (χ4v) is 1.35. The number of hydrogen-bond donors (Lipinski definition) is 1. The Morgan fingerprint density at radius 2 is 2.00 bits per heavy atom. The minimum atomic E-state index is -0.785. The second-order valence-electron chi connectivity index (χ2n) is 4.82. The number of anilines is 1. The Morgan fingerprint density at radius 1 is 1.37 bits per heavy atom. The summed E-state index contributed by atoms with van der Waals surface area (Å²) in [7, 11) is 1.34. The monoisotopic (exact) mass is 269 g/mol. The van der Waals surface area contributed by atoms with Gasteiger partial charge in [-0.25, -0.2) is 9.18 Å². The number of carbonyl (C=O) groups excluding carboxylic acids is 2. The van der Waals surface area contributed by atoms with Crippen LogP contribution < -0.4 is 10.1 Å². The summed E-state index contributed by atoms with van der Waals surface area (Å²) in [6, 6.07) is 2.21. The van der Waals surface area contributed by atoms with Crippen molar-refractivity contribution in [1.82, 2.24) is 0 Å². The SMILES string of the molecule is COc1cc(NC(=O)OC(C)(C)C)c(F)cc1C=O. The summed E-state index contributed by atoms with van der Waals surface area (Å²) < 4.78 is 23.6. The Bertz CT molecular complexity index is 494. The molecule has 104 valence electrons. The summed E-state index contributed by atoms with van der Waals surface area (Å²) in [6.07, 6.45) is -0.314. The Morgan fingerprint density at radius 3 is 2.47 bits per heavy atom. The third-order valence-corrected chi connectivity index (χ3v) is 2.08. The van der Waals surface area contributed by atoms with Crippen molar-refractivity contribution in [2.75, 3.05) is 12.4 Å². The number of methoxy groups -OCH3 is 1. The molecule has 0 aromatic heterocycles. The third-order valence-electron chi connectivity index (χ3n) is 2.08. The second kappa shape index (κ2) is 5.69. The molecule has 0 bridgehead atoms. The highest BCUT2D eigenvalue weighted by Gasteiger charge is 2.18. The smallest absolute Gasteiger partial charge is 0.412 e. The van der Waals surface area contributed by atoms with Crippen LogP contribution in [-0.2, 0) is 4.74 Å². The number of ether oxygens (including phenoxy) is 2. The van der Waals surface area contributed by atoms with E-state index in [2.05, 4.69) is 5.32 Å². The maximum absolute atomic E-state index is 13.7. The van der Waals surface area contributed by atoms with E-state index in [0.717, 1.165) is 6.07 Å². The molecule has 19 heavy (non-hydrogen) atoms. The molecule has 0 spiro atoms. The van der Waals surface area contributed by atoms with Crippen LogP contribution in [0.3, 0.4) is 0 Å². The Hall–Kier alpha value is -2.11. The number of benzene rings is 1. The number of rotatable bonds is 3. The van der Waals surface area contributed by atoms with Crippen LogP contribution >= 0.6 is 0 Å². The number of carbonyl (C=O) groups is 2. The number of amides is 1. The van der Waals surface area contributed by atoms with Crippen LogP contribution in [0.15, 0.2) is 12.1 Å². The van der Waals surface area contributed by atoms with Gasteiger partial charge in [-0.3, -0.25) is 10.1 Å². The minimum Gasteiger partial charge on any atom is -0.496 e. The van der Waals surface area contributed by atoms with E-state index < -0.39 is 17.5 Å². The molecule has 0 aliphatic carbocycles. The molecule has 1 aromatic carbocycles. The van der Waals surface area contributed by atoms with Crippen molar-refractivity contribution in [3.63, 3.8) is 0 Å². The van der Waals surface area contributed by atoms with Crippen molar-refractivity contribution in [3.05, 3.63) is 23.5 Å². The molecule has 1 N–H and O–H groups in total. The van der Waals surface area contributed by atoms with Crippen molar-refractivity contribution < 1.29 is 23.5 Å². The normalized spacial score (nSPS) is 10.8. The van der Waals surface area contributed by atoms with Gasteiger partial charge in [-0.1, -0.05) is 0 Å². The van der Waals surface area contributed by atoms with E-state index in [-0.39, 0.29) is 17.0 Å². The number of halogens is 1. The molecule has 0 heterocycles. The quantitative estimate of drug-likeness (QED) is 0.857. The maximum Gasteiger partial charge on any atom is 0.412 e. The Balaban J connectivity index is 2.96. The lowest BCUT2D eigenvalue weighted by Crippen LogP contribution is -2.27. The molecule has 0 saturated heterocycles. The van der Waals surface area contributed by atoms with E-state index in [0.29, 0.717) is 6.29 Å². The highest BCUT2D eigenvalue weighted by Crippen LogP contribution is 2.25. The highest BCUT2D eigenvalue weighted by molar-refractivity contribution is 5.87. The molecule has 0 fully saturated rings. The number of hydrogen-bond acceptors (Lipinski definition) is 4. The summed E-state index contributed by atoms with van der Waals surface area (Å²) in [5.41, 5.74) is -0.737. The predicted octanol–water partition coefficient (Wildman–Crippen LogP) is 2.99. The van der Waals surface area contributed by atoms with E-state index in [4.69, 9.17) is 9.47 Å². The Kier molecular flexibility index (Phi) is 4.47. The molecule has 0 aliphatic rings. The molecule has 1 rings (SSSR count). The van der Waals surface area contributed by atoms with Crippen molar-refractivity contribution in [2.24, 2.45) is 0 Å². The van der Waals surface area contributed by atoms with Gasteiger partial charge < -0.3 is 9.47 Å². The number of nitrogens with one attached hydrogen (secondary N) is 1. The standard InChI is InChI=1S/C13H16FNO4/c1-13(2,3)19-12(17)15-10-6-11(18-4)8(7-16)5-9(10)14/h5-7H,1-4H3,(H,15,17). The lowest BCUT2D eigenvalue weighted by atomic mass is 10.2. The second-order valence-corrected chi connectivity index (χ2v) is 4.82. The minimum absolute atomic E-state index is 0.0646. The first-order valence-electron chi connectivity index (χ1n) is 5.59. The van der Waals surface area contributed by atoms with Gasteiger partial charge in [-0.15, -0.1) is 0 Å². The van der Waals surface area contributed by atoms with Gasteiger partial charge in [0.2, 0.25) is 0 Å². The van der Waals surface area contributed by atoms with E-state index in [1.165, 1.54) is 13.2 Å². The largest absolute Gasteiger partial charge is 0.496 e. The lowest BCUT2D eigenvalue weighted by Gasteiger charge is -2.20. The van der Waals surface area contributed by atoms with Gasteiger partial charge in [0.25, 0.3) is 0 Å². The summed E-state index contributed by atoms with van der Waals surface area (Å²) in [6.45, 7) is 5.08. The summed E-state index contributed by atoms with van der Waals surface area (Å²) in [5.74, 6) is -0.573. The van der Waals surface area contributed by atoms with Gasteiger partial charge in [-0.2, -0.15) is 0 Å². The first-order chi connectivity index (χ1) is 8.76. The van der Waals surface area contributed by atoms with Gasteiger partial charge in [0, 0.05) is 6.07 Å². The van der Waals surface area contributed by atoms with E-state index in [9.17, 15) is 14.0 Å². The molecule has 0 radical (unpaired) electrons. The van der Waals surface area contributed by atoms with Gasteiger partial charge in [-0.05, 0) is 26.8 Å². The van der Waals surface area contributed by atoms with Crippen LogP contribution in [0.4, 0.5) is 14.9 Å². The van der Waals surface area contributed by atoms with Crippen molar-refractivity contribution >= 4 is 18.1 Å². The molecule has 0 aliphatic heterocycles. The first-order valence-corrected chi connectivity index (χ1v) is 5.59. The van der Waals surface area contributed by atoms with E-state index >= 15 is 0 Å². The summed E-state index contributed by atoms with van der Waals surface area (Å²) in [4.78, 5) is 22.2. The maximum atomic E-state index is 13.7. The molecule has 1 aromatic rings. The number of aldehydes is 1. The average molecular weight is 269 g/mol. The van der Waals surface area contributed by atoms with E-state index in [1.807, 2.05) is 0 Å². The molecular formula is C13H16FNO4. The van der Waals surface area contributed by atoms with Crippen LogP contribution in [0.2, 0.25) is 0 Å². The molecule has 1 amide bonds. The zero-order valence-corrected chi connectivity index (χ0v) is 11.2. The molecule has 0 saturated carbocycles. The average Bonchev–Trinajstić information content (AvgIpc) is 2.28. The van der Waals surface area contributed by atoms with Crippen LogP contribution in [0.5, 0.6) is 5.75 Å².